The topological polar surface area (TPSA) is 57.4 Å². The molecule has 90 valence electrons. The average Bonchev–Trinajstić information content (AvgIpc) is 2.16. The lowest BCUT2D eigenvalue weighted by molar-refractivity contribution is 0.164. The first-order chi connectivity index (χ1) is 7.29. The third-order valence-electron chi connectivity index (χ3n) is 1.97. The number of aliphatic imine (C=N–C) groups is 1. The van der Waals surface area contributed by atoms with Crippen LogP contribution in [0.4, 0.5) is 0 Å². The van der Waals surface area contributed by atoms with Crippen LogP contribution in [0.3, 0.4) is 0 Å². The van der Waals surface area contributed by atoms with Gasteiger partial charge in [0.05, 0.1) is 12.7 Å². The monoisotopic (exact) mass is 223 g/mol. The minimum absolute atomic E-state index is 0.167. The molecule has 0 rings (SSSR count). The highest BCUT2D eigenvalue weighted by atomic mass is 16.5. The molecule has 0 aromatic carbocycles. The third-order valence-corrected chi connectivity index (χ3v) is 1.97. The van der Waals surface area contributed by atoms with E-state index in [2.05, 4.69) is 23.0 Å². The molecule has 0 radical (unpaired) electrons. The van der Waals surface area contributed by atoms with Crippen LogP contribution in [0.5, 0.6) is 0 Å². The number of hydrogen-bond acceptors (Lipinski definition) is 3. The molecule has 0 aliphatic rings. The zero-order valence-corrected chi connectivity index (χ0v) is 10.8. The zero-order chi connectivity index (χ0) is 12.8. The summed E-state index contributed by atoms with van der Waals surface area (Å²) in [6.45, 7) is 11.7. The van der Waals surface area contributed by atoms with E-state index in [9.17, 15) is 0 Å². The fourth-order valence-corrected chi connectivity index (χ4v) is 1.13. The molecule has 0 heterocycles. The summed E-state index contributed by atoms with van der Waals surface area (Å²) in [6.07, 6.45) is 1.56. The van der Waals surface area contributed by atoms with Gasteiger partial charge in [0.25, 0.3) is 0 Å². The van der Waals surface area contributed by atoms with Gasteiger partial charge in [-0.15, -0.1) is 0 Å². The van der Waals surface area contributed by atoms with E-state index in [0.717, 1.165) is 5.84 Å². The van der Waals surface area contributed by atoms with Gasteiger partial charge in [-0.25, -0.2) is 4.99 Å². The van der Waals surface area contributed by atoms with Crippen LogP contribution >= 0.6 is 0 Å². The number of nitrogens with zero attached hydrogens (tertiary/aromatic N) is 2. The molecule has 1 atom stereocenters. The Bertz CT molecular complexity index is 309. The van der Waals surface area contributed by atoms with Gasteiger partial charge in [-0.3, -0.25) is 0 Å². The molecule has 16 heavy (non-hydrogen) atoms. The Balaban J connectivity index is 5.18. The number of nitrogens with one attached hydrogen (secondary N) is 1. The van der Waals surface area contributed by atoms with Crippen molar-refractivity contribution in [2.45, 2.75) is 33.2 Å². The lowest BCUT2D eigenvalue weighted by Crippen LogP contribution is -2.37. The van der Waals surface area contributed by atoms with Gasteiger partial charge in [-0.1, -0.05) is 27.4 Å². The first-order valence-corrected chi connectivity index (χ1v) is 5.17. The second kappa shape index (κ2) is 5.66. The molecule has 0 spiro atoms. The number of rotatable bonds is 4. The lowest BCUT2D eigenvalue weighted by Gasteiger charge is -2.25. The highest BCUT2D eigenvalue weighted by molar-refractivity contribution is 5.88. The van der Waals surface area contributed by atoms with E-state index >= 15 is 0 Å². The Morgan fingerprint density at radius 1 is 1.50 bits per heavy atom. The molecule has 0 aliphatic heterocycles. The van der Waals surface area contributed by atoms with Crippen LogP contribution in [0.2, 0.25) is 0 Å². The van der Waals surface area contributed by atoms with Crippen molar-refractivity contribution in [1.29, 1.82) is 5.26 Å². The number of amidine groups is 1. The molecule has 1 N–H and O–H groups in total. The molecule has 0 amide bonds. The quantitative estimate of drug-likeness (QED) is 0.586. The van der Waals surface area contributed by atoms with Gasteiger partial charge in [0.1, 0.15) is 5.84 Å². The van der Waals surface area contributed by atoms with Gasteiger partial charge < -0.3 is 10.1 Å². The highest BCUT2D eigenvalue weighted by Crippen LogP contribution is 2.19. The van der Waals surface area contributed by atoms with Crippen molar-refractivity contribution in [3.63, 3.8) is 0 Å². The van der Waals surface area contributed by atoms with Crippen LogP contribution < -0.4 is 5.32 Å². The lowest BCUT2D eigenvalue weighted by atomic mass is 9.93. The van der Waals surface area contributed by atoms with Crippen molar-refractivity contribution in [2.75, 3.05) is 13.7 Å². The second-order valence-electron chi connectivity index (χ2n) is 4.88. The van der Waals surface area contributed by atoms with Crippen molar-refractivity contribution in [2.24, 2.45) is 10.4 Å². The van der Waals surface area contributed by atoms with Crippen molar-refractivity contribution in [3.8, 4) is 6.07 Å². The second-order valence-corrected chi connectivity index (χ2v) is 4.88. The Kier molecular flexibility index (Phi) is 5.19. The fourth-order valence-electron chi connectivity index (χ4n) is 1.13. The largest absolute Gasteiger partial charge is 0.381 e. The number of methoxy groups -OCH3 is 1. The number of ether oxygens (including phenoxy) is 1. The predicted octanol–water partition coefficient (Wildman–Crippen LogP) is 2.09. The highest BCUT2D eigenvalue weighted by Gasteiger charge is 2.27. The van der Waals surface area contributed by atoms with Gasteiger partial charge in [-0.05, 0) is 13.1 Å². The summed E-state index contributed by atoms with van der Waals surface area (Å²) in [5.41, 5.74) is -1.03. The maximum Gasteiger partial charge on any atom is 0.169 e. The van der Waals surface area contributed by atoms with E-state index in [4.69, 9.17) is 10.00 Å². The van der Waals surface area contributed by atoms with Crippen LogP contribution in [0.25, 0.3) is 0 Å². The minimum Gasteiger partial charge on any atom is -0.381 e. The van der Waals surface area contributed by atoms with Crippen molar-refractivity contribution < 1.29 is 4.74 Å². The van der Waals surface area contributed by atoms with E-state index < -0.39 is 5.54 Å². The maximum absolute atomic E-state index is 9.11. The number of nitriles is 1. The Morgan fingerprint density at radius 3 is 2.38 bits per heavy atom. The van der Waals surface area contributed by atoms with Crippen molar-refractivity contribution >= 4 is 5.84 Å². The molecule has 1 unspecified atom stereocenters. The van der Waals surface area contributed by atoms with Crippen LogP contribution in [0, 0.1) is 16.7 Å². The van der Waals surface area contributed by atoms with Gasteiger partial charge in [0.15, 0.2) is 5.54 Å². The zero-order valence-electron chi connectivity index (χ0n) is 10.8. The van der Waals surface area contributed by atoms with E-state index in [0.29, 0.717) is 0 Å². The van der Waals surface area contributed by atoms with Gasteiger partial charge in [-0.2, -0.15) is 5.26 Å². The summed E-state index contributed by atoms with van der Waals surface area (Å²) in [5.74, 6) is 0.726. The smallest absolute Gasteiger partial charge is 0.169 e. The molecule has 0 bridgehead atoms. The molecule has 4 heteroatoms. The van der Waals surface area contributed by atoms with Crippen LogP contribution in [0.1, 0.15) is 27.7 Å². The van der Waals surface area contributed by atoms with E-state index in [1.807, 2.05) is 20.8 Å². The third kappa shape index (κ3) is 4.45. The van der Waals surface area contributed by atoms with E-state index in [1.165, 1.54) is 0 Å². The summed E-state index contributed by atoms with van der Waals surface area (Å²) in [6, 6.07) is 2.15. The Labute approximate surface area is 98.0 Å². The molecular weight excluding hydrogens is 202 g/mol. The van der Waals surface area contributed by atoms with E-state index in [-0.39, 0.29) is 12.0 Å². The average molecular weight is 223 g/mol. The van der Waals surface area contributed by atoms with Crippen LogP contribution in [0.15, 0.2) is 17.8 Å². The molecule has 0 aliphatic carbocycles. The first-order valence-electron chi connectivity index (χ1n) is 5.17. The molecule has 0 saturated heterocycles. The van der Waals surface area contributed by atoms with Crippen molar-refractivity contribution in [3.05, 3.63) is 12.8 Å². The molecule has 0 saturated carbocycles. The first kappa shape index (κ1) is 14.7. The van der Waals surface area contributed by atoms with Gasteiger partial charge >= 0.3 is 0 Å². The fraction of sp³-hybridized carbons (Fsp3) is 0.667. The predicted molar refractivity (Wildman–Crippen MR) is 66.1 cm³/mol. The number of hydrogen-bond donors (Lipinski definition) is 1. The summed E-state index contributed by atoms with van der Waals surface area (Å²) < 4.78 is 5.01. The van der Waals surface area contributed by atoms with Crippen LogP contribution in [-0.2, 0) is 4.74 Å². The summed E-state index contributed by atoms with van der Waals surface area (Å²) in [4.78, 5) is 4.43. The summed E-state index contributed by atoms with van der Waals surface area (Å²) >= 11 is 0. The summed E-state index contributed by atoms with van der Waals surface area (Å²) in [5, 5.41) is 12.1. The van der Waals surface area contributed by atoms with Gasteiger partial charge in [0, 0.05) is 12.5 Å². The molecular formula is C12H21N3O. The molecule has 0 fully saturated rings. The molecule has 0 aromatic rings. The Hall–Kier alpha value is -1.34. The standard InChI is InChI=1S/C12H21N3O/c1-7-14-10(11(2,3)4)15-12(5,8-13)9-16-6/h7H,1,9H2,2-6H3,(H,14,15). The SMILES string of the molecule is C=CNC(=NC(C)(C#N)COC)C(C)(C)C. The normalized spacial score (nSPS) is 16.1. The minimum atomic E-state index is -0.868. The van der Waals surface area contributed by atoms with E-state index in [1.54, 1.807) is 20.2 Å². The summed E-state index contributed by atoms with van der Waals surface area (Å²) in [7, 11) is 1.56. The van der Waals surface area contributed by atoms with Crippen LogP contribution in [-0.4, -0.2) is 25.1 Å². The Morgan fingerprint density at radius 2 is 2.06 bits per heavy atom. The molecule has 4 nitrogen and oxygen atoms in total. The van der Waals surface area contributed by atoms with Gasteiger partial charge in [0.2, 0.25) is 0 Å². The maximum atomic E-state index is 9.11. The molecule has 0 aromatic heterocycles. The van der Waals surface area contributed by atoms with Crippen molar-refractivity contribution in [1.82, 2.24) is 5.32 Å².